The maximum absolute atomic E-state index is 11.7. The second kappa shape index (κ2) is 6.11. The molecule has 0 radical (unpaired) electrons. The van der Waals surface area contributed by atoms with Crippen LogP contribution in [0.25, 0.3) is 0 Å². The minimum absolute atomic E-state index is 0.0772. The Bertz CT molecular complexity index is 514. The molecule has 0 saturated carbocycles. The molecule has 0 bridgehead atoms. The van der Waals surface area contributed by atoms with E-state index in [1.54, 1.807) is 6.07 Å². The number of aromatic amines is 1. The van der Waals surface area contributed by atoms with Crippen molar-refractivity contribution in [1.82, 2.24) is 25.9 Å². The number of rotatable bonds is 5. The van der Waals surface area contributed by atoms with Gasteiger partial charge in [0.1, 0.15) is 0 Å². The van der Waals surface area contributed by atoms with Gasteiger partial charge in [0.15, 0.2) is 5.82 Å². The largest absolute Gasteiger partial charge is 0.355 e. The van der Waals surface area contributed by atoms with Crippen LogP contribution in [-0.2, 0) is 17.6 Å². The number of carbonyl (C=O) groups is 1. The molecule has 0 fully saturated rings. The summed E-state index contributed by atoms with van der Waals surface area (Å²) in [5.74, 6) is 0.500. The Morgan fingerprint density at radius 1 is 1.39 bits per heavy atom. The fourth-order valence-electron chi connectivity index (χ4n) is 1.48. The van der Waals surface area contributed by atoms with Crippen molar-refractivity contribution in [2.45, 2.75) is 12.8 Å². The van der Waals surface area contributed by atoms with E-state index in [1.165, 1.54) is 0 Å². The average molecular weight is 266 g/mol. The summed E-state index contributed by atoms with van der Waals surface area (Å²) in [6.45, 7) is 0.475. The molecule has 18 heavy (non-hydrogen) atoms. The first kappa shape index (κ1) is 12.5. The number of carbonyl (C=O) groups excluding carboxylic acids is 1. The van der Waals surface area contributed by atoms with Gasteiger partial charge in [-0.15, -0.1) is 10.2 Å². The van der Waals surface area contributed by atoms with Crippen LogP contribution in [-0.4, -0.2) is 33.1 Å². The van der Waals surface area contributed by atoms with E-state index in [0.717, 1.165) is 5.56 Å². The van der Waals surface area contributed by atoms with Crippen molar-refractivity contribution >= 4 is 17.5 Å². The van der Waals surface area contributed by atoms with Gasteiger partial charge in [0.2, 0.25) is 5.91 Å². The van der Waals surface area contributed by atoms with Crippen LogP contribution in [0.5, 0.6) is 0 Å². The number of hydrogen-bond acceptors (Lipinski definition) is 4. The molecule has 2 rings (SSSR count). The second-order valence-electron chi connectivity index (χ2n) is 3.70. The number of nitrogens with zero attached hydrogens (tertiary/aromatic N) is 3. The normalized spacial score (nSPS) is 10.3. The minimum atomic E-state index is -0.0772. The molecule has 2 aromatic rings. The summed E-state index contributed by atoms with van der Waals surface area (Å²) < 4.78 is 0. The Morgan fingerprint density at radius 3 is 2.94 bits per heavy atom. The molecule has 7 heteroatoms. The van der Waals surface area contributed by atoms with Crippen LogP contribution >= 0.6 is 11.6 Å². The van der Waals surface area contributed by atoms with Crippen molar-refractivity contribution in [3.63, 3.8) is 0 Å². The van der Waals surface area contributed by atoms with Crippen molar-refractivity contribution in [3.8, 4) is 0 Å². The lowest BCUT2D eigenvalue weighted by Gasteiger charge is -2.05. The third-order valence-corrected chi connectivity index (χ3v) is 2.74. The number of H-pyrrole nitrogens is 1. The van der Waals surface area contributed by atoms with Crippen molar-refractivity contribution in [1.29, 1.82) is 0 Å². The molecule has 0 aliphatic rings. The number of aromatic nitrogens is 4. The lowest BCUT2D eigenvalue weighted by molar-refractivity contribution is -0.120. The molecule has 1 amide bonds. The molecule has 0 unspecified atom stereocenters. The molecule has 0 aliphatic carbocycles. The monoisotopic (exact) mass is 265 g/mol. The molecule has 94 valence electrons. The van der Waals surface area contributed by atoms with Gasteiger partial charge in [-0.25, -0.2) is 0 Å². The van der Waals surface area contributed by atoms with Gasteiger partial charge in [-0.05, 0) is 11.6 Å². The first-order chi connectivity index (χ1) is 8.75. The van der Waals surface area contributed by atoms with Gasteiger partial charge in [0, 0.05) is 18.0 Å². The number of benzene rings is 1. The second-order valence-corrected chi connectivity index (χ2v) is 4.10. The van der Waals surface area contributed by atoms with E-state index < -0.39 is 0 Å². The van der Waals surface area contributed by atoms with E-state index in [-0.39, 0.29) is 12.3 Å². The molecule has 0 spiro atoms. The summed E-state index contributed by atoms with van der Waals surface area (Å²) in [5, 5.41) is 16.8. The smallest absolute Gasteiger partial charge is 0.224 e. The Balaban J connectivity index is 1.77. The topological polar surface area (TPSA) is 83.6 Å². The highest BCUT2D eigenvalue weighted by molar-refractivity contribution is 6.31. The Morgan fingerprint density at radius 2 is 2.22 bits per heavy atom. The van der Waals surface area contributed by atoms with Crippen LogP contribution in [0.1, 0.15) is 11.4 Å². The molecule has 1 aromatic carbocycles. The quantitative estimate of drug-likeness (QED) is 0.836. The number of halogens is 1. The third kappa shape index (κ3) is 3.53. The van der Waals surface area contributed by atoms with Crippen molar-refractivity contribution in [2.75, 3.05) is 6.54 Å². The highest BCUT2D eigenvalue weighted by Gasteiger charge is 2.06. The summed E-state index contributed by atoms with van der Waals surface area (Å²) in [6.07, 6.45) is 0.816. The average Bonchev–Trinajstić information content (AvgIpc) is 2.85. The van der Waals surface area contributed by atoms with E-state index in [4.69, 9.17) is 11.6 Å². The minimum Gasteiger partial charge on any atom is -0.355 e. The highest BCUT2D eigenvalue weighted by Crippen LogP contribution is 2.15. The van der Waals surface area contributed by atoms with Gasteiger partial charge in [-0.3, -0.25) is 4.79 Å². The number of amides is 1. The van der Waals surface area contributed by atoms with Crippen molar-refractivity contribution in [3.05, 3.63) is 40.7 Å². The van der Waals surface area contributed by atoms with E-state index >= 15 is 0 Å². The van der Waals surface area contributed by atoms with Crippen molar-refractivity contribution in [2.24, 2.45) is 0 Å². The van der Waals surface area contributed by atoms with Crippen molar-refractivity contribution < 1.29 is 4.79 Å². The number of tetrazole rings is 1. The van der Waals surface area contributed by atoms with E-state index in [1.807, 2.05) is 18.2 Å². The van der Waals surface area contributed by atoms with Gasteiger partial charge in [-0.2, -0.15) is 5.21 Å². The fourth-order valence-corrected chi connectivity index (χ4v) is 1.68. The van der Waals surface area contributed by atoms with E-state index in [9.17, 15) is 4.79 Å². The molecule has 2 N–H and O–H groups in total. The zero-order chi connectivity index (χ0) is 12.8. The van der Waals surface area contributed by atoms with Gasteiger partial charge in [0.05, 0.1) is 6.42 Å². The zero-order valence-corrected chi connectivity index (χ0v) is 10.3. The van der Waals surface area contributed by atoms with Gasteiger partial charge < -0.3 is 5.32 Å². The van der Waals surface area contributed by atoms with Crippen LogP contribution in [0.4, 0.5) is 0 Å². The van der Waals surface area contributed by atoms with Gasteiger partial charge >= 0.3 is 0 Å². The molecule has 1 heterocycles. The lowest BCUT2D eigenvalue weighted by Crippen LogP contribution is -2.27. The molecular weight excluding hydrogens is 254 g/mol. The molecule has 0 saturated heterocycles. The van der Waals surface area contributed by atoms with Gasteiger partial charge in [-0.1, -0.05) is 35.0 Å². The maximum atomic E-state index is 11.7. The summed E-state index contributed by atoms with van der Waals surface area (Å²) >= 11 is 5.97. The van der Waals surface area contributed by atoms with E-state index in [0.29, 0.717) is 23.8 Å². The van der Waals surface area contributed by atoms with Crippen LogP contribution in [0.15, 0.2) is 24.3 Å². The summed E-state index contributed by atoms with van der Waals surface area (Å²) in [6, 6.07) is 7.29. The van der Waals surface area contributed by atoms with Crippen LogP contribution in [0, 0.1) is 0 Å². The molecule has 6 nitrogen and oxygen atoms in total. The van der Waals surface area contributed by atoms with Gasteiger partial charge in [0.25, 0.3) is 0 Å². The first-order valence-electron chi connectivity index (χ1n) is 5.48. The third-order valence-electron chi connectivity index (χ3n) is 2.37. The number of nitrogens with one attached hydrogen (secondary N) is 2. The molecule has 0 aliphatic heterocycles. The zero-order valence-electron chi connectivity index (χ0n) is 9.56. The Kier molecular flexibility index (Phi) is 4.25. The summed E-state index contributed by atoms with van der Waals surface area (Å²) in [7, 11) is 0. The number of hydrogen-bond donors (Lipinski definition) is 2. The maximum Gasteiger partial charge on any atom is 0.224 e. The standard InChI is InChI=1S/C11H12ClN5O/c12-9-4-2-1-3-8(9)7-11(18)13-6-5-10-14-16-17-15-10/h1-4H,5-7H2,(H,13,18)(H,14,15,16,17). The fraction of sp³-hybridized carbons (Fsp3) is 0.273. The molecule has 1 aromatic heterocycles. The summed E-state index contributed by atoms with van der Waals surface area (Å²) in [5.41, 5.74) is 0.816. The SMILES string of the molecule is O=C(Cc1ccccc1Cl)NCCc1nn[nH]n1. The predicted molar refractivity (Wildman–Crippen MR) is 66.0 cm³/mol. The molecular formula is C11H12ClN5O. The van der Waals surface area contributed by atoms with Crippen LogP contribution < -0.4 is 5.32 Å². The van der Waals surface area contributed by atoms with Crippen LogP contribution in [0.2, 0.25) is 5.02 Å². The first-order valence-corrected chi connectivity index (χ1v) is 5.86. The Hall–Kier alpha value is -1.95. The van der Waals surface area contributed by atoms with Crippen LogP contribution in [0.3, 0.4) is 0 Å². The Labute approximate surface area is 109 Å². The summed E-state index contributed by atoms with van der Waals surface area (Å²) in [4.78, 5) is 11.7. The predicted octanol–water partition coefficient (Wildman–Crippen LogP) is 0.754. The van der Waals surface area contributed by atoms with E-state index in [2.05, 4.69) is 25.9 Å². The lowest BCUT2D eigenvalue weighted by atomic mass is 10.1. The highest BCUT2D eigenvalue weighted by atomic mass is 35.5. The molecule has 0 atom stereocenters.